The van der Waals surface area contributed by atoms with Crippen molar-refractivity contribution in [1.82, 2.24) is 10.3 Å². The van der Waals surface area contributed by atoms with Crippen molar-refractivity contribution in [2.45, 2.75) is 18.9 Å². The SMILES string of the molecule is CNc1cncc(NCC(=O)NC2CC2)c1. The average Bonchev–Trinajstić information content (AvgIpc) is 3.10. The van der Waals surface area contributed by atoms with E-state index in [2.05, 4.69) is 20.9 Å². The van der Waals surface area contributed by atoms with Crippen molar-refractivity contribution in [3.63, 3.8) is 0 Å². The number of rotatable bonds is 5. The lowest BCUT2D eigenvalue weighted by molar-refractivity contribution is -0.119. The molecule has 0 atom stereocenters. The highest BCUT2D eigenvalue weighted by Crippen LogP contribution is 2.18. The predicted molar refractivity (Wildman–Crippen MR) is 63.4 cm³/mol. The number of nitrogens with one attached hydrogen (secondary N) is 3. The fraction of sp³-hybridized carbons (Fsp3) is 0.455. The van der Waals surface area contributed by atoms with Crippen LogP contribution >= 0.6 is 0 Å². The molecule has 86 valence electrons. The van der Waals surface area contributed by atoms with E-state index >= 15 is 0 Å². The molecule has 5 nitrogen and oxygen atoms in total. The van der Waals surface area contributed by atoms with Gasteiger partial charge in [0.25, 0.3) is 0 Å². The van der Waals surface area contributed by atoms with E-state index in [1.54, 1.807) is 12.4 Å². The molecule has 0 radical (unpaired) electrons. The Hall–Kier alpha value is -1.78. The van der Waals surface area contributed by atoms with Gasteiger partial charge in [-0.1, -0.05) is 0 Å². The zero-order valence-corrected chi connectivity index (χ0v) is 9.29. The van der Waals surface area contributed by atoms with Gasteiger partial charge in [-0.2, -0.15) is 0 Å². The van der Waals surface area contributed by atoms with Crippen molar-refractivity contribution in [1.29, 1.82) is 0 Å². The van der Waals surface area contributed by atoms with E-state index in [4.69, 9.17) is 0 Å². The fourth-order valence-corrected chi connectivity index (χ4v) is 1.36. The first-order valence-electron chi connectivity index (χ1n) is 5.44. The minimum atomic E-state index is 0.0392. The Bertz CT molecular complexity index is 376. The Morgan fingerprint density at radius 1 is 1.44 bits per heavy atom. The van der Waals surface area contributed by atoms with Crippen molar-refractivity contribution in [2.75, 3.05) is 24.2 Å². The maximum Gasteiger partial charge on any atom is 0.239 e. The Kier molecular flexibility index (Phi) is 3.24. The first-order valence-corrected chi connectivity index (χ1v) is 5.44. The average molecular weight is 220 g/mol. The van der Waals surface area contributed by atoms with Gasteiger partial charge in [0, 0.05) is 13.1 Å². The minimum absolute atomic E-state index is 0.0392. The van der Waals surface area contributed by atoms with Crippen LogP contribution in [0.3, 0.4) is 0 Å². The molecule has 5 heteroatoms. The van der Waals surface area contributed by atoms with E-state index in [9.17, 15) is 4.79 Å². The highest BCUT2D eigenvalue weighted by atomic mass is 16.2. The Morgan fingerprint density at radius 2 is 2.19 bits per heavy atom. The molecule has 2 rings (SSSR count). The Labute approximate surface area is 94.6 Å². The van der Waals surface area contributed by atoms with E-state index in [0.29, 0.717) is 12.6 Å². The lowest BCUT2D eigenvalue weighted by Crippen LogP contribution is -2.31. The predicted octanol–water partition coefficient (Wildman–Crippen LogP) is 0.814. The summed E-state index contributed by atoms with van der Waals surface area (Å²) in [5, 5.41) is 8.95. The Balaban J connectivity index is 1.80. The van der Waals surface area contributed by atoms with Gasteiger partial charge < -0.3 is 16.0 Å². The summed E-state index contributed by atoms with van der Waals surface area (Å²) in [6.45, 7) is 0.297. The van der Waals surface area contributed by atoms with Crippen LogP contribution in [0.2, 0.25) is 0 Å². The highest BCUT2D eigenvalue weighted by Gasteiger charge is 2.22. The van der Waals surface area contributed by atoms with Gasteiger partial charge in [0.2, 0.25) is 5.91 Å². The summed E-state index contributed by atoms with van der Waals surface area (Å²) in [5.74, 6) is 0.0392. The first-order chi connectivity index (χ1) is 7.78. The van der Waals surface area contributed by atoms with E-state index in [0.717, 1.165) is 24.2 Å². The van der Waals surface area contributed by atoms with Gasteiger partial charge in [0.1, 0.15) is 0 Å². The number of amides is 1. The summed E-state index contributed by atoms with van der Waals surface area (Å²) < 4.78 is 0. The molecule has 16 heavy (non-hydrogen) atoms. The van der Waals surface area contributed by atoms with Crippen LogP contribution in [0.25, 0.3) is 0 Å². The highest BCUT2D eigenvalue weighted by molar-refractivity contribution is 5.81. The van der Waals surface area contributed by atoms with Crippen LogP contribution in [0.5, 0.6) is 0 Å². The minimum Gasteiger partial charge on any atom is -0.387 e. The molecular weight excluding hydrogens is 204 g/mol. The molecule has 1 saturated carbocycles. The number of carbonyl (C=O) groups is 1. The third kappa shape index (κ3) is 3.12. The van der Waals surface area contributed by atoms with Crippen LogP contribution in [0, 0.1) is 0 Å². The summed E-state index contributed by atoms with van der Waals surface area (Å²) in [6.07, 6.45) is 5.66. The molecule has 1 aliphatic rings. The van der Waals surface area contributed by atoms with Crippen LogP contribution in [-0.2, 0) is 4.79 Å². The van der Waals surface area contributed by atoms with Crippen molar-refractivity contribution in [3.05, 3.63) is 18.5 Å². The number of hydrogen-bond acceptors (Lipinski definition) is 4. The summed E-state index contributed by atoms with van der Waals surface area (Å²) >= 11 is 0. The number of aromatic nitrogens is 1. The van der Waals surface area contributed by atoms with Crippen molar-refractivity contribution in [2.24, 2.45) is 0 Å². The second-order valence-corrected chi connectivity index (χ2v) is 3.91. The zero-order chi connectivity index (χ0) is 11.4. The quantitative estimate of drug-likeness (QED) is 0.687. The van der Waals surface area contributed by atoms with E-state index in [1.165, 1.54) is 0 Å². The van der Waals surface area contributed by atoms with Crippen molar-refractivity contribution >= 4 is 17.3 Å². The number of hydrogen-bond donors (Lipinski definition) is 3. The van der Waals surface area contributed by atoms with Gasteiger partial charge in [-0.05, 0) is 18.9 Å². The molecule has 1 aromatic heterocycles. The number of pyridine rings is 1. The smallest absolute Gasteiger partial charge is 0.239 e. The monoisotopic (exact) mass is 220 g/mol. The third-order valence-electron chi connectivity index (χ3n) is 2.42. The largest absolute Gasteiger partial charge is 0.387 e. The first kappa shape index (κ1) is 10.7. The summed E-state index contributed by atoms with van der Waals surface area (Å²) in [6, 6.07) is 2.33. The molecule has 3 N–H and O–H groups in total. The van der Waals surface area contributed by atoms with Crippen LogP contribution in [0.1, 0.15) is 12.8 Å². The molecule has 0 aromatic carbocycles. The fourth-order valence-electron chi connectivity index (χ4n) is 1.36. The molecule has 1 heterocycles. The van der Waals surface area contributed by atoms with Crippen LogP contribution < -0.4 is 16.0 Å². The lowest BCUT2D eigenvalue weighted by atomic mass is 10.3. The normalized spacial score (nSPS) is 14.3. The lowest BCUT2D eigenvalue weighted by Gasteiger charge is -2.07. The summed E-state index contributed by atoms with van der Waals surface area (Å²) in [7, 11) is 1.83. The third-order valence-corrected chi connectivity index (χ3v) is 2.42. The van der Waals surface area contributed by atoms with E-state index < -0.39 is 0 Å². The van der Waals surface area contributed by atoms with Crippen molar-refractivity contribution < 1.29 is 4.79 Å². The standard InChI is InChI=1S/C11H16N4O/c1-12-9-4-10(6-13-5-9)14-7-11(16)15-8-2-3-8/h4-6,8,12,14H,2-3,7H2,1H3,(H,15,16). The maximum absolute atomic E-state index is 11.4. The van der Waals surface area contributed by atoms with Crippen LogP contribution in [0.15, 0.2) is 18.5 Å². The second-order valence-electron chi connectivity index (χ2n) is 3.91. The molecule has 1 aromatic rings. The molecule has 0 aliphatic heterocycles. The Morgan fingerprint density at radius 3 is 2.88 bits per heavy atom. The second kappa shape index (κ2) is 4.83. The molecular formula is C11H16N4O. The molecule has 1 fully saturated rings. The van der Waals surface area contributed by atoms with Crippen LogP contribution in [0.4, 0.5) is 11.4 Å². The van der Waals surface area contributed by atoms with Crippen LogP contribution in [-0.4, -0.2) is 30.5 Å². The molecule has 1 amide bonds. The number of carbonyl (C=O) groups excluding carboxylic acids is 1. The topological polar surface area (TPSA) is 66.0 Å². The summed E-state index contributed by atoms with van der Waals surface area (Å²) in [5.41, 5.74) is 1.77. The van der Waals surface area contributed by atoms with E-state index in [1.807, 2.05) is 13.1 Å². The van der Waals surface area contributed by atoms with Crippen molar-refractivity contribution in [3.8, 4) is 0 Å². The molecule has 0 bridgehead atoms. The molecule has 0 spiro atoms. The van der Waals surface area contributed by atoms with Gasteiger partial charge in [0.05, 0.1) is 30.3 Å². The zero-order valence-electron chi connectivity index (χ0n) is 9.29. The number of nitrogens with zero attached hydrogens (tertiary/aromatic N) is 1. The molecule has 1 aliphatic carbocycles. The van der Waals surface area contributed by atoms with Gasteiger partial charge >= 0.3 is 0 Å². The van der Waals surface area contributed by atoms with E-state index in [-0.39, 0.29) is 5.91 Å². The van der Waals surface area contributed by atoms with Gasteiger partial charge in [-0.3, -0.25) is 9.78 Å². The molecule has 0 unspecified atom stereocenters. The number of anilines is 2. The van der Waals surface area contributed by atoms with Gasteiger partial charge in [0.15, 0.2) is 0 Å². The molecule has 0 saturated heterocycles. The summed E-state index contributed by atoms with van der Waals surface area (Å²) in [4.78, 5) is 15.5. The van der Waals surface area contributed by atoms with Gasteiger partial charge in [-0.15, -0.1) is 0 Å². The van der Waals surface area contributed by atoms with Gasteiger partial charge in [-0.25, -0.2) is 0 Å². The maximum atomic E-state index is 11.4.